The molecule has 3 heterocycles. The molecule has 0 radical (unpaired) electrons. The molecule has 0 fully saturated rings. The van der Waals surface area contributed by atoms with Gasteiger partial charge in [-0.3, -0.25) is 10.1 Å². The van der Waals surface area contributed by atoms with Crippen LogP contribution in [0.15, 0.2) is 24.4 Å². The highest BCUT2D eigenvalue weighted by atomic mass is 32.1. The van der Waals surface area contributed by atoms with Crippen LogP contribution in [0.5, 0.6) is 0 Å². The number of hydrogen-bond acceptors (Lipinski definition) is 5. The molecule has 0 aliphatic rings. The fourth-order valence-corrected chi connectivity index (χ4v) is 4.33. The zero-order valence-corrected chi connectivity index (χ0v) is 16.8. The van der Waals surface area contributed by atoms with Gasteiger partial charge in [0.25, 0.3) is 5.91 Å². The van der Waals surface area contributed by atoms with Gasteiger partial charge in [0.15, 0.2) is 10.8 Å². The molecule has 1 aromatic carbocycles. The number of fused-ring (bicyclic) bond motifs is 2. The normalized spacial score (nSPS) is 11.6. The number of carbonyl (C=O) groups excluding carboxylic acids is 1. The number of aromatic nitrogens is 4. The number of benzene rings is 1. The first-order chi connectivity index (χ1) is 12.8. The Morgan fingerprint density at radius 1 is 1.15 bits per heavy atom. The Labute approximate surface area is 161 Å². The zero-order valence-electron chi connectivity index (χ0n) is 16.0. The number of rotatable bonds is 3. The Morgan fingerprint density at radius 3 is 2.67 bits per heavy atom. The largest absolute Gasteiger partial charge is 0.298 e. The molecule has 1 amide bonds. The molecule has 4 rings (SSSR count). The van der Waals surface area contributed by atoms with Gasteiger partial charge in [-0.05, 0) is 57.9 Å². The van der Waals surface area contributed by atoms with Crippen molar-refractivity contribution in [2.24, 2.45) is 0 Å². The minimum Gasteiger partial charge on any atom is -0.298 e. The Kier molecular flexibility index (Phi) is 4.19. The minimum atomic E-state index is -0.192. The van der Waals surface area contributed by atoms with Gasteiger partial charge >= 0.3 is 0 Å². The van der Waals surface area contributed by atoms with Gasteiger partial charge in [0.1, 0.15) is 0 Å². The molecule has 6 nitrogen and oxygen atoms in total. The third-order valence-corrected chi connectivity index (χ3v) is 5.40. The van der Waals surface area contributed by atoms with Gasteiger partial charge in [-0.1, -0.05) is 17.4 Å². The molecule has 0 bridgehead atoms. The molecule has 3 aromatic heterocycles. The SMILES string of the molecule is Cc1cc(C)c2nc(NC(=O)c3cc(C)nc4c3cnn4C(C)C)sc2c1. The first-order valence-corrected chi connectivity index (χ1v) is 9.69. The second kappa shape index (κ2) is 6.42. The van der Waals surface area contributed by atoms with Crippen LogP contribution in [0.2, 0.25) is 0 Å². The van der Waals surface area contributed by atoms with Crippen LogP contribution < -0.4 is 5.32 Å². The fraction of sp³-hybridized carbons (Fsp3) is 0.300. The second-order valence-corrected chi connectivity index (χ2v) is 8.16. The topological polar surface area (TPSA) is 72.7 Å². The Balaban J connectivity index is 1.74. The number of nitrogens with one attached hydrogen (secondary N) is 1. The maximum atomic E-state index is 13.0. The van der Waals surface area contributed by atoms with Gasteiger partial charge in [0.05, 0.1) is 27.4 Å². The summed E-state index contributed by atoms with van der Waals surface area (Å²) in [5.74, 6) is -0.192. The van der Waals surface area contributed by atoms with E-state index in [0.717, 1.165) is 32.5 Å². The van der Waals surface area contributed by atoms with E-state index in [9.17, 15) is 4.79 Å². The number of aryl methyl sites for hydroxylation is 3. The van der Waals surface area contributed by atoms with E-state index in [1.165, 1.54) is 16.9 Å². The maximum Gasteiger partial charge on any atom is 0.258 e. The first-order valence-electron chi connectivity index (χ1n) is 8.87. The molecule has 0 spiro atoms. The lowest BCUT2D eigenvalue weighted by Crippen LogP contribution is -2.13. The first kappa shape index (κ1) is 17.6. The predicted molar refractivity (Wildman–Crippen MR) is 110 cm³/mol. The van der Waals surface area contributed by atoms with Gasteiger partial charge < -0.3 is 0 Å². The van der Waals surface area contributed by atoms with Crippen LogP contribution in [0.1, 0.15) is 47.1 Å². The third-order valence-electron chi connectivity index (χ3n) is 4.48. The summed E-state index contributed by atoms with van der Waals surface area (Å²) in [6.45, 7) is 10.1. The van der Waals surface area contributed by atoms with Crippen molar-refractivity contribution in [1.29, 1.82) is 0 Å². The fourth-order valence-electron chi connectivity index (χ4n) is 3.30. The van der Waals surface area contributed by atoms with E-state index in [4.69, 9.17) is 0 Å². The molecule has 0 aliphatic heterocycles. The summed E-state index contributed by atoms with van der Waals surface area (Å²) < 4.78 is 2.91. The quantitative estimate of drug-likeness (QED) is 0.555. The smallest absolute Gasteiger partial charge is 0.258 e. The van der Waals surface area contributed by atoms with Crippen LogP contribution in [-0.2, 0) is 0 Å². The van der Waals surface area contributed by atoms with Crippen LogP contribution >= 0.6 is 11.3 Å². The van der Waals surface area contributed by atoms with Crippen molar-refractivity contribution in [3.05, 3.63) is 46.8 Å². The van der Waals surface area contributed by atoms with E-state index in [0.29, 0.717) is 10.7 Å². The Hall–Kier alpha value is -2.80. The zero-order chi connectivity index (χ0) is 19.3. The monoisotopic (exact) mass is 379 g/mol. The van der Waals surface area contributed by atoms with Gasteiger partial charge in [0.2, 0.25) is 0 Å². The van der Waals surface area contributed by atoms with E-state index >= 15 is 0 Å². The van der Waals surface area contributed by atoms with Crippen molar-refractivity contribution in [2.45, 2.75) is 40.7 Å². The number of thiazole rings is 1. The average Bonchev–Trinajstić information content (AvgIpc) is 3.17. The van der Waals surface area contributed by atoms with Crippen molar-refractivity contribution >= 4 is 43.6 Å². The van der Waals surface area contributed by atoms with Crippen molar-refractivity contribution in [3.8, 4) is 0 Å². The number of anilines is 1. The van der Waals surface area contributed by atoms with E-state index in [-0.39, 0.29) is 11.9 Å². The summed E-state index contributed by atoms with van der Waals surface area (Å²) in [6.07, 6.45) is 1.71. The lowest BCUT2D eigenvalue weighted by Gasteiger charge is -2.08. The summed E-state index contributed by atoms with van der Waals surface area (Å²) in [7, 11) is 0. The molecule has 0 unspecified atom stereocenters. The summed E-state index contributed by atoms with van der Waals surface area (Å²) in [5, 5.41) is 8.71. The molecule has 7 heteroatoms. The standard InChI is InChI=1S/C20H21N5OS/c1-10(2)25-18-15(9-21-25)14(8-13(5)22-18)19(26)24-20-23-17-12(4)6-11(3)7-16(17)27-20/h6-10H,1-5H3,(H,23,24,26). The van der Waals surface area contributed by atoms with Crippen molar-refractivity contribution < 1.29 is 4.79 Å². The van der Waals surface area contributed by atoms with Gasteiger partial charge in [-0.15, -0.1) is 0 Å². The summed E-state index contributed by atoms with van der Waals surface area (Å²) in [5.41, 5.74) is 5.31. The predicted octanol–water partition coefficient (Wildman–Crippen LogP) is 4.80. The van der Waals surface area contributed by atoms with Crippen LogP contribution in [0.25, 0.3) is 21.3 Å². The number of carbonyl (C=O) groups is 1. The lowest BCUT2D eigenvalue weighted by atomic mass is 10.1. The van der Waals surface area contributed by atoms with Crippen LogP contribution in [0.3, 0.4) is 0 Å². The molecular formula is C20H21N5OS. The minimum absolute atomic E-state index is 0.170. The van der Waals surface area contributed by atoms with E-state index in [1.54, 1.807) is 12.3 Å². The summed E-state index contributed by atoms with van der Waals surface area (Å²) >= 11 is 1.49. The molecule has 0 atom stereocenters. The van der Waals surface area contributed by atoms with Gasteiger partial charge in [-0.2, -0.15) is 5.10 Å². The highest BCUT2D eigenvalue weighted by molar-refractivity contribution is 7.22. The molecular weight excluding hydrogens is 358 g/mol. The van der Waals surface area contributed by atoms with Crippen LogP contribution in [-0.4, -0.2) is 25.7 Å². The van der Waals surface area contributed by atoms with Crippen LogP contribution in [0, 0.1) is 20.8 Å². The number of hydrogen-bond donors (Lipinski definition) is 1. The highest BCUT2D eigenvalue weighted by Crippen LogP contribution is 2.30. The number of amides is 1. The van der Waals surface area contributed by atoms with Crippen molar-refractivity contribution in [2.75, 3.05) is 5.32 Å². The van der Waals surface area contributed by atoms with E-state index in [2.05, 4.69) is 39.4 Å². The van der Waals surface area contributed by atoms with Crippen molar-refractivity contribution in [3.63, 3.8) is 0 Å². The number of pyridine rings is 1. The third kappa shape index (κ3) is 3.08. The molecule has 0 aliphatic carbocycles. The van der Waals surface area contributed by atoms with Crippen LogP contribution in [0.4, 0.5) is 5.13 Å². The molecule has 138 valence electrons. The van der Waals surface area contributed by atoms with Crippen molar-refractivity contribution in [1.82, 2.24) is 19.7 Å². The Morgan fingerprint density at radius 2 is 1.93 bits per heavy atom. The van der Waals surface area contributed by atoms with E-state index in [1.807, 2.05) is 32.4 Å². The number of nitrogens with zero attached hydrogens (tertiary/aromatic N) is 4. The van der Waals surface area contributed by atoms with Gasteiger partial charge in [0, 0.05) is 11.7 Å². The lowest BCUT2D eigenvalue weighted by molar-refractivity contribution is 0.102. The Bertz CT molecular complexity index is 1190. The molecule has 1 N–H and O–H groups in total. The summed E-state index contributed by atoms with van der Waals surface area (Å²) in [4.78, 5) is 22.2. The maximum absolute atomic E-state index is 13.0. The molecule has 4 aromatic rings. The van der Waals surface area contributed by atoms with E-state index < -0.39 is 0 Å². The molecule has 27 heavy (non-hydrogen) atoms. The molecule has 0 saturated heterocycles. The average molecular weight is 379 g/mol. The second-order valence-electron chi connectivity index (χ2n) is 7.13. The highest BCUT2D eigenvalue weighted by Gasteiger charge is 2.18. The van der Waals surface area contributed by atoms with Gasteiger partial charge in [-0.25, -0.2) is 14.6 Å². The summed E-state index contributed by atoms with van der Waals surface area (Å²) in [6, 6.07) is 6.16. The molecule has 0 saturated carbocycles.